The summed E-state index contributed by atoms with van der Waals surface area (Å²) >= 11 is 0. The van der Waals surface area contributed by atoms with Crippen molar-refractivity contribution >= 4 is 0 Å². The zero-order valence-electron chi connectivity index (χ0n) is 16.0. The van der Waals surface area contributed by atoms with Crippen LogP contribution in [-0.2, 0) is 4.74 Å². The molecule has 0 bridgehead atoms. The van der Waals surface area contributed by atoms with Crippen LogP contribution in [0.5, 0.6) is 5.75 Å². The molecule has 1 aliphatic carbocycles. The molecule has 7 heteroatoms. The van der Waals surface area contributed by atoms with Crippen molar-refractivity contribution in [2.45, 2.75) is 70.5 Å². The number of benzene rings is 1. The van der Waals surface area contributed by atoms with E-state index in [2.05, 4.69) is 11.7 Å². The van der Waals surface area contributed by atoms with Gasteiger partial charge in [-0.05, 0) is 56.8 Å². The highest BCUT2D eigenvalue weighted by Crippen LogP contribution is 2.43. The van der Waals surface area contributed by atoms with Crippen molar-refractivity contribution in [1.29, 1.82) is 0 Å². The van der Waals surface area contributed by atoms with E-state index in [-0.39, 0.29) is 24.9 Å². The second-order valence-electron chi connectivity index (χ2n) is 8.08. The molecule has 1 saturated heterocycles. The van der Waals surface area contributed by atoms with Gasteiger partial charge < -0.3 is 9.47 Å². The van der Waals surface area contributed by atoms with Crippen LogP contribution in [0.25, 0.3) is 0 Å². The maximum Gasteiger partial charge on any atom is 0.400 e. The van der Waals surface area contributed by atoms with Gasteiger partial charge in [0, 0.05) is 18.7 Å². The van der Waals surface area contributed by atoms with Crippen LogP contribution in [0.15, 0.2) is 12.1 Å². The van der Waals surface area contributed by atoms with Gasteiger partial charge in [-0.1, -0.05) is 13.3 Å². The highest BCUT2D eigenvalue weighted by Gasteiger charge is 2.45. The van der Waals surface area contributed by atoms with Gasteiger partial charge in [0.2, 0.25) is 0 Å². The number of hydrogen-bond acceptors (Lipinski definition) is 2. The fraction of sp³-hybridized carbons (Fsp3) is 0.714. The van der Waals surface area contributed by atoms with Gasteiger partial charge in [0.05, 0.1) is 12.0 Å². The first-order valence-corrected chi connectivity index (χ1v) is 10.1. The van der Waals surface area contributed by atoms with E-state index >= 15 is 0 Å². The summed E-state index contributed by atoms with van der Waals surface area (Å²) in [4.78, 5) is 0. The zero-order valence-corrected chi connectivity index (χ0v) is 16.0. The normalized spacial score (nSPS) is 28.9. The predicted octanol–water partition coefficient (Wildman–Crippen LogP) is 6.48. The van der Waals surface area contributed by atoms with E-state index in [0.29, 0.717) is 30.9 Å². The summed E-state index contributed by atoms with van der Waals surface area (Å²) in [5, 5.41) is 0. The van der Waals surface area contributed by atoms with Crippen LogP contribution in [0.4, 0.5) is 22.0 Å². The van der Waals surface area contributed by atoms with Crippen LogP contribution >= 0.6 is 0 Å². The predicted molar refractivity (Wildman–Crippen MR) is 94.7 cm³/mol. The van der Waals surface area contributed by atoms with Gasteiger partial charge in [-0.25, -0.2) is 13.2 Å². The van der Waals surface area contributed by atoms with Crippen molar-refractivity contribution < 1.29 is 31.4 Å². The summed E-state index contributed by atoms with van der Waals surface area (Å²) in [5.41, 5.74) is 0. The molecular formula is C21H27F5O2. The summed E-state index contributed by atoms with van der Waals surface area (Å²) < 4.78 is 79.0. The molecule has 0 spiro atoms. The van der Waals surface area contributed by atoms with Gasteiger partial charge in [0.15, 0.2) is 17.5 Å². The second kappa shape index (κ2) is 8.97. The van der Waals surface area contributed by atoms with Crippen LogP contribution < -0.4 is 4.74 Å². The Hall–Kier alpha value is -1.37. The minimum Gasteiger partial charge on any atom is -0.432 e. The summed E-state index contributed by atoms with van der Waals surface area (Å²) in [7, 11) is 0. The Kier molecular flexibility index (Phi) is 6.84. The van der Waals surface area contributed by atoms with E-state index in [1.54, 1.807) is 0 Å². The molecule has 0 radical (unpaired) electrons. The van der Waals surface area contributed by atoms with Crippen molar-refractivity contribution in [1.82, 2.24) is 0 Å². The Balaban J connectivity index is 1.52. The van der Waals surface area contributed by atoms with Gasteiger partial charge in [-0.2, -0.15) is 8.78 Å². The molecule has 1 aromatic rings. The van der Waals surface area contributed by atoms with E-state index in [9.17, 15) is 22.0 Å². The first-order valence-electron chi connectivity index (χ1n) is 10.1. The summed E-state index contributed by atoms with van der Waals surface area (Å²) in [6, 6.07) is 0.890. The third kappa shape index (κ3) is 4.97. The Labute approximate surface area is 162 Å². The van der Waals surface area contributed by atoms with E-state index in [0.717, 1.165) is 32.3 Å². The molecule has 2 nitrogen and oxygen atoms in total. The largest absolute Gasteiger partial charge is 0.432 e. The Bertz CT molecular complexity index is 627. The molecular weight excluding hydrogens is 379 g/mol. The molecule has 3 rings (SSSR count). The SMILES string of the molecule is CCC[C@H]1CC[C@H](C2CCC(C(F)(F)Oc3cc(F)c(F)c(F)c3)CC2)OC1. The van der Waals surface area contributed by atoms with Gasteiger partial charge in [0.25, 0.3) is 0 Å². The Morgan fingerprint density at radius 3 is 2.18 bits per heavy atom. The van der Waals surface area contributed by atoms with Crippen molar-refractivity contribution in [3.63, 3.8) is 0 Å². The lowest BCUT2D eigenvalue weighted by molar-refractivity contribution is -0.225. The Morgan fingerprint density at radius 1 is 1.00 bits per heavy atom. The molecule has 2 fully saturated rings. The van der Waals surface area contributed by atoms with E-state index < -0.39 is 35.2 Å². The minimum absolute atomic E-state index is 0.129. The van der Waals surface area contributed by atoms with E-state index in [1.165, 1.54) is 0 Å². The molecule has 1 aliphatic heterocycles. The van der Waals surface area contributed by atoms with Crippen molar-refractivity contribution in [3.05, 3.63) is 29.6 Å². The number of alkyl halides is 2. The van der Waals surface area contributed by atoms with E-state index in [1.807, 2.05) is 0 Å². The summed E-state index contributed by atoms with van der Waals surface area (Å²) in [6.07, 6.45) is 2.68. The smallest absolute Gasteiger partial charge is 0.400 e. The molecule has 0 unspecified atom stereocenters. The molecule has 28 heavy (non-hydrogen) atoms. The van der Waals surface area contributed by atoms with Gasteiger partial charge in [-0.3, -0.25) is 0 Å². The monoisotopic (exact) mass is 406 g/mol. The highest BCUT2D eigenvalue weighted by atomic mass is 19.3. The topological polar surface area (TPSA) is 18.5 Å². The lowest BCUT2D eigenvalue weighted by Crippen LogP contribution is -2.40. The average molecular weight is 406 g/mol. The lowest BCUT2D eigenvalue weighted by atomic mass is 9.76. The highest BCUT2D eigenvalue weighted by molar-refractivity contribution is 5.25. The van der Waals surface area contributed by atoms with Gasteiger partial charge in [0.1, 0.15) is 5.75 Å². The zero-order chi connectivity index (χ0) is 20.3. The fourth-order valence-electron chi connectivity index (χ4n) is 4.49. The lowest BCUT2D eigenvalue weighted by Gasteiger charge is -2.39. The molecule has 158 valence electrons. The van der Waals surface area contributed by atoms with Crippen molar-refractivity contribution in [3.8, 4) is 5.75 Å². The molecule has 1 saturated carbocycles. The van der Waals surface area contributed by atoms with Crippen LogP contribution in [0, 0.1) is 35.2 Å². The Morgan fingerprint density at radius 2 is 1.64 bits per heavy atom. The maximum absolute atomic E-state index is 14.5. The van der Waals surface area contributed by atoms with Crippen LogP contribution in [0.1, 0.15) is 58.3 Å². The van der Waals surface area contributed by atoms with Crippen molar-refractivity contribution in [2.75, 3.05) is 6.61 Å². The minimum atomic E-state index is -3.57. The van der Waals surface area contributed by atoms with E-state index in [4.69, 9.17) is 4.74 Å². The second-order valence-corrected chi connectivity index (χ2v) is 8.08. The van der Waals surface area contributed by atoms with Crippen LogP contribution in [-0.4, -0.2) is 18.8 Å². The molecule has 1 aromatic carbocycles. The molecule has 0 aromatic heterocycles. The fourth-order valence-corrected chi connectivity index (χ4v) is 4.49. The van der Waals surface area contributed by atoms with Gasteiger partial charge >= 0.3 is 6.11 Å². The molecule has 1 heterocycles. The molecule has 0 N–H and O–H groups in total. The van der Waals surface area contributed by atoms with Gasteiger partial charge in [-0.15, -0.1) is 0 Å². The van der Waals surface area contributed by atoms with Crippen LogP contribution in [0.3, 0.4) is 0 Å². The number of rotatable bonds is 6. The first-order chi connectivity index (χ1) is 13.3. The first kappa shape index (κ1) is 21.3. The quantitative estimate of drug-likeness (QED) is 0.398. The third-order valence-corrected chi connectivity index (χ3v) is 6.09. The van der Waals surface area contributed by atoms with Crippen molar-refractivity contribution in [2.24, 2.45) is 17.8 Å². The summed E-state index contributed by atoms with van der Waals surface area (Å²) in [5.74, 6) is -5.69. The number of ether oxygens (including phenoxy) is 2. The molecule has 2 atom stereocenters. The van der Waals surface area contributed by atoms with Crippen LogP contribution in [0.2, 0.25) is 0 Å². The molecule has 2 aliphatic rings. The third-order valence-electron chi connectivity index (χ3n) is 6.09. The maximum atomic E-state index is 14.5. The molecule has 0 amide bonds. The number of halogens is 5. The average Bonchev–Trinajstić information content (AvgIpc) is 2.67. The number of hydrogen-bond donors (Lipinski definition) is 0. The summed E-state index contributed by atoms with van der Waals surface area (Å²) in [6.45, 7) is 2.91. The standard InChI is InChI=1S/C21H27F5O2/c1-2-3-13-4-9-19(27-12-13)14-5-7-15(8-6-14)21(25,26)28-16-10-17(22)20(24)18(23)11-16/h10-11,13-15,19H,2-9,12H2,1H3/t13-,14?,15?,19+/m0/s1.